The molecule has 0 aliphatic carbocycles. The van der Waals surface area contributed by atoms with E-state index in [1.807, 2.05) is 10.6 Å². The Labute approximate surface area is 179 Å². The lowest BCUT2D eigenvalue weighted by molar-refractivity contribution is 0.00321. The minimum Gasteiger partial charge on any atom is -0.378 e. The number of imidazole rings is 1. The number of nitrogens with one attached hydrogen (secondary N) is 1. The largest absolute Gasteiger partial charge is 0.378 e. The lowest BCUT2D eigenvalue weighted by Crippen LogP contribution is -2.37. The van der Waals surface area contributed by atoms with Crippen LogP contribution in [0.4, 0.5) is 14.9 Å². The van der Waals surface area contributed by atoms with Crippen LogP contribution in [0.15, 0.2) is 36.7 Å². The first-order valence-electron chi connectivity index (χ1n) is 10.6. The number of hydrogen-bond donors (Lipinski definition) is 1. The molecule has 2 aliphatic heterocycles. The van der Waals surface area contributed by atoms with Crippen LogP contribution in [0.1, 0.15) is 24.6 Å². The molecule has 1 aromatic carbocycles. The minimum atomic E-state index is -0.400. The van der Waals surface area contributed by atoms with Gasteiger partial charge in [0.2, 0.25) is 5.78 Å². The van der Waals surface area contributed by atoms with Gasteiger partial charge >= 0.3 is 6.03 Å². The summed E-state index contributed by atoms with van der Waals surface area (Å²) < 4.78 is 22.2. The van der Waals surface area contributed by atoms with E-state index in [2.05, 4.69) is 27.2 Å². The zero-order chi connectivity index (χ0) is 21.4. The second kappa shape index (κ2) is 8.24. The van der Waals surface area contributed by atoms with Crippen molar-refractivity contribution in [3.05, 3.63) is 48.2 Å². The molecule has 1 atom stereocenters. The van der Waals surface area contributed by atoms with Gasteiger partial charge in [0, 0.05) is 37.1 Å². The van der Waals surface area contributed by atoms with Crippen molar-refractivity contribution in [2.75, 3.05) is 45.2 Å². The van der Waals surface area contributed by atoms with E-state index >= 15 is 0 Å². The summed E-state index contributed by atoms with van der Waals surface area (Å²) in [5.41, 5.74) is 2.32. The highest BCUT2D eigenvalue weighted by atomic mass is 19.1. The number of urea groups is 1. The third-order valence-corrected chi connectivity index (χ3v) is 6.03. The third kappa shape index (κ3) is 3.86. The van der Waals surface area contributed by atoms with Gasteiger partial charge in [-0.25, -0.2) is 19.2 Å². The van der Waals surface area contributed by atoms with Crippen molar-refractivity contribution < 1.29 is 13.9 Å². The van der Waals surface area contributed by atoms with Crippen LogP contribution in [-0.2, 0) is 4.74 Å². The van der Waals surface area contributed by atoms with Crippen LogP contribution >= 0.6 is 0 Å². The van der Waals surface area contributed by atoms with Crippen LogP contribution in [0.5, 0.6) is 0 Å². The number of aromatic nitrogens is 3. The highest BCUT2D eigenvalue weighted by molar-refractivity contribution is 5.90. The summed E-state index contributed by atoms with van der Waals surface area (Å²) in [5, 5.41) is 2.86. The number of carbonyl (C=O) groups is 1. The first-order valence-corrected chi connectivity index (χ1v) is 10.6. The number of carbonyl (C=O) groups excluding carboxylic acids is 1. The minimum absolute atomic E-state index is 0.0947. The molecule has 2 aromatic heterocycles. The Morgan fingerprint density at radius 2 is 2.06 bits per heavy atom. The summed E-state index contributed by atoms with van der Waals surface area (Å²) >= 11 is 0. The molecule has 8 nitrogen and oxygen atoms in total. The van der Waals surface area contributed by atoms with Gasteiger partial charge in [-0.1, -0.05) is 0 Å². The lowest BCUT2D eigenvalue weighted by Gasteiger charge is -2.31. The van der Waals surface area contributed by atoms with E-state index in [1.54, 1.807) is 29.3 Å². The summed E-state index contributed by atoms with van der Waals surface area (Å²) in [6.45, 7) is 3.67. The Morgan fingerprint density at radius 3 is 2.87 bits per heavy atom. The summed E-state index contributed by atoms with van der Waals surface area (Å²) in [4.78, 5) is 25.4. The average molecular weight is 424 g/mol. The normalized spacial score (nSPS) is 19.8. The van der Waals surface area contributed by atoms with Crippen LogP contribution in [0.3, 0.4) is 0 Å². The quantitative estimate of drug-likeness (QED) is 0.699. The van der Waals surface area contributed by atoms with Crippen LogP contribution < -0.4 is 5.32 Å². The van der Waals surface area contributed by atoms with Crippen molar-refractivity contribution in [2.24, 2.45) is 0 Å². The summed E-state index contributed by atoms with van der Waals surface area (Å²) in [7, 11) is 2.06. The van der Waals surface area contributed by atoms with E-state index in [-0.39, 0.29) is 12.1 Å². The zero-order valence-electron chi connectivity index (χ0n) is 17.4. The molecule has 0 saturated carbocycles. The SMILES string of the molecule is CN1CCOCC1c1cnc2nc(-c3cc(NC(=O)N4CCCC4)ccc3F)ccn12. The molecular formula is C22H25FN6O2. The predicted molar refractivity (Wildman–Crippen MR) is 114 cm³/mol. The van der Waals surface area contributed by atoms with E-state index in [1.165, 1.54) is 6.07 Å². The predicted octanol–water partition coefficient (Wildman–Crippen LogP) is 3.17. The molecule has 3 aromatic rings. The molecule has 5 rings (SSSR count). The van der Waals surface area contributed by atoms with Crippen molar-refractivity contribution >= 4 is 17.5 Å². The molecule has 1 N–H and O–H groups in total. The number of benzene rings is 1. The molecule has 0 radical (unpaired) electrons. The maximum atomic E-state index is 14.6. The lowest BCUT2D eigenvalue weighted by atomic mass is 10.1. The number of halogens is 1. The smallest absolute Gasteiger partial charge is 0.321 e. The van der Waals surface area contributed by atoms with Gasteiger partial charge in [-0.2, -0.15) is 0 Å². The standard InChI is InChI=1S/C22H25FN6O2/c1-27-10-11-31-14-20(27)19-13-24-21-26-18(6-9-29(19)21)16-12-15(4-5-17(16)23)25-22(30)28-7-2-3-8-28/h4-6,9,12-13,20H,2-3,7-8,10-11,14H2,1H3,(H,25,30). The number of likely N-dealkylation sites (N-methyl/N-ethyl adjacent to an activating group) is 1. The van der Waals surface area contributed by atoms with E-state index in [9.17, 15) is 9.18 Å². The number of ether oxygens (including phenoxy) is 1. The average Bonchev–Trinajstić information content (AvgIpc) is 3.45. The van der Waals surface area contributed by atoms with Crippen molar-refractivity contribution in [1.82, 2.24) is 24.2 Å². The number of hydrogen-bond acceptors (Lipinski definition) is 5. The molecule has 4 heterocycles. The van der Waals surface area contributed by atoms with Crippen LogP contribution in [0.2, 0.25) is 0 Å². The number of morpholine rings is 1. The molecule has 2 aliphatic rings. The van der Waals surface area contributed by atoms with Gasteiger partial charge in [-0.15, -0.1) is 0 Å². The second-order valence-electron chi connectivity index (χ2n) is 8.06. The van der Waals surface area contributed by atoms with E-state index in [0.29, 0.717) is 29.3 Å². The van der Waals surface area contributed by atoms with Crippen molar-refractivity contribution in [2.45, 2.75) is 18.9 Å². The fraction of sp³-hybridized carbons (Fsp3) is 0.409. The maximum Gasteiger partial charge on any atom is 0.321 e. The van der Waals surface area contributed by atoms with Crippen LogP contribution in [0, 0.1) is 5.82 Å². The first kappa shape index (κ1) is 19.9. The molecule has 2 amide bonds. The Kier molecular flexibility index (Phi) is 5.29. The number of rotatable bonds is 3. The number of amides is 2. The summed E-state index contributed by atoms with van der Waals surface area (Å²) in [6, 6.07) is 6.25. The molecule has 162 valence electrons. The summed E-state index contributed by atoms with van der Waals surface area (Å²) in [6.07, 6.45) is 5.69. The fourth-order valence-corrected chi connectivity index (χ4v) is 4.21. The highest BCUT2D eigenvalue weighted by Crippen LogP contribution is 2.27. The second-order valence-corrected chi connectivity index (χ2v) is 8.06. The molecule has 0 bridgehead atoms. The Bertz CT molecular complexity index is 1110. The van der Waals surface area contributed by atoms with Gasteiger partial charge in [-0.3, -0.25) is 9.30 Å². The molecule has 1 unspecified atom stereocenters. The topological polar surface area (TPSA) is 75.0 Å². The Morgan fingerprint density at radius 1 is 1.23 bits per heavy atom. The molecule has 31 heavy (non-hydrogen) atoms. The molecule has 2 saturated heterocycles. The van der Waals surface area contributed by atoms with Gasteiger partial charge in [0.1, 0.15) is 5.82 Å². The summed E-state index contributed by atoms with van der Waals surface area (Å²) in [5.74, 6) is 0.0978. The van der Waals surface area contributed by atoms with Crippen molar-refractivity contribution in [3.63, 3.8) is 0 Å². The van der Waals surface area contributed by atoms with E-state index in [4.69, 9.17) is 4.74 Å². The highest BCUT2D eigenvalue weighted by Gasteiger charge is 2.25. The Balaban J connectivity index is 1.43. The van der Waals surface area contributed by atoms with Gasteiger partial charge in [0.05, 0.1) is 36.8 Å². The number of fused-ring (bicyclic) bond motifs is 1. The number of likely N-dealkylation sites (tertiary alicyclic amines) is 1. The van der Waals surface area contributed by atoms with Gasteiger partial charge in [0.25, 0.3) is 0 Å². The van der Waals surface area contributed by atoms with Crippen LogP contribution in [0.25, 0.3) is 17.0 Å². The van der Waals surface area contributed by atoms with E-state index in [0.717, 1.165) is 44.8 Å². The fourth-order valence-electron chi connectivity index (χ4n) is 4.21. The molecule has 0 spiro atoms. The van der Waals surface area contributed by atoms with E-state index < -0.39 is 5.82 Å². The van der Waals surface area contributed by atoms with Crippen molar-refractivity contribution in [3.8, 4) is 11.3 Å². The molecular weight excluding hydrogens is 399 g/mol. The van der Waals surface area contributed by atoms with Gasteiger partial charge < -0.3 is 15.0 Å². The van der Waals surface area contributed by atoms with Crippen LogP contribution in [-0.4, -0.2) is 70.1 Å². The third-order valence-electron chi connectivity index (χ3n) is 6.03. The monoisotopic (exact) mass is 424 g/mol. The molecule has 2 fully saturated rings. The zero-order valence-corrected chi connectivity index (χ0v) is 17.4. The number of nitrogens with zero attached hydrogens (tertiary/aromatic N) is 5. The Hall–Kier alpha value is -3.04. The number of anilines is 1. The van der Waals surface area contributed by atoms with Gasteiger partial charge in [-0.05, 0) is 44.2 Å². The van der Waals surface area contributed by atoms with Crippen molar-refractivity contribution in [1.29, 1.82) is 0 Å². The van der Waals surface area contributed by atoms with Gasteiger partial charge in [0.15, 0.2) is 0 Å². The maximum absolute atomic E-state index is 14.6. The first-order chi connectivity index (χ1) is 15.1. The molecule has 9 heteroatoms.